The first-order valence-electron chi connectivity index (χ1n) is 11.0. The summed E-state index contributed by atoms with van der Waals surface area (Å²) in [6.45, 7) is 8.02. The van der Waals surface area contributed by atoms with Crippen molar-refractivity contribution in [2.24, 2.45) is 0 Å². The molecule has 1 rings (SSSR count). The van der Waals surface area contributed by atoms with Crippen LogP contribution in [0, 0.1) is 0 Å². The third-order valence-corrected chi connectivity index (χ3v) is 11.0. The largest absolute Gasteiger partial charge is 0.501 e. The molecule has 0 N–H and O–H groups in total. The third-order valence-electron chi connectivity index (χ3n) is 4.98. The fraction of sp³-hybridized carbons (Fsp3) is 0.727. The Morgan fingerprint density at radius 1 is 0.793 bits per heavy atom. The number of nitrogens with zero attached hydrogens (tertiary/aromatic N) is 2. The minimum atomic E-state index is -2.74. The van der Waals surface area contributed by atoms with Crippen LogP contribution >= 0.6 is 0 Å². The molecule has 166 valence electrons. The van der Waals surface area contributed by atoms with E-state index in [9.17, 15) is 0 Å². The minimum Gasteiger partial charge on any atom is -0.374 e. The van der Waals surface area contributed by atoms with Gasteiger partial charge in [0, 0.05) is 25.0 Å². The molecule has 1 aromatic carbocycles. The Kier molecular flexibility index (Phi) is 13.2. The van der Waals surface area contributed by atoms with Gasteiger partial charge in [0.25, 0.3) is 0 Å². The van der Waals surface area contributed by atoms with Crippen molar-refractivity contribution in [3.8, 4) is 0 Å². The smallest absolute Gasteiger partial charge is 0.374 e. The molecule has 0 saturated carbocycles. The fourth-order valence-electron chi connectivity index (χ4n) is 3.76. The second-order valence-corrected chi connectivity index (χ2v) is 12.6. The van der Waals surface area contributed by atoms with Crippen molar-refractivity contribution in [3.05, 3.63) is 30.3 Å². The Balaban J connectivity index is 2.91. The van der Waals surface area contributed by atoms with Gasteiger partial charge < -0.3 is 13.3 Å². The Morgan fingerprint density at radius 3 is 1.72 bits per heavy atom. The molecule has 5 nitrogen and oxygen atoms in total. The van der Waals surface area contributed by atoms with Crippen LogP contribution in [0.4, 0.5) is 0 Å². The van der Waals surface area contributed by atoms with Gasteiger partial charge in [-0.2, -0.15) is 0 Å². The van der Waals surface area contributed by atoms with E-state index in [1.165, 1.54) is 11.6 Å². The minimum absolute atomic E-state index is 0.307. The zero-order valence-electron chi connectivity index (χ0n) is 19.6. The molecule has 0 aliphatic rings. The average Bonchev–Trinajstić information content (AvgIpc) is 2.67. The zero-order chi connectivity index (χ0) is 21.7. The Bertz CT molecular complexity index is 507. The highest BCUT2D eigenvalue weighted by Crippen LogP contribution is 2.30. The topological polar surface area (TPSA) is 34.2 Å². The Hall–Kier alpha value is -0.546. The lowest BCUT2D eigenvalue weighted by Gasteiger charge is -2.35. The number of rotatable bonds is 16. The highest BCUT2D eigenvalue weighted by atomic mass is 28.4. The first-order valence-corrected chi connectivity index (χ1v) is 13.8. The first-order chi connectivity index (χ1) is 13.9. The standard InChI is InChI=1S/C22H42N2O3Si2/c1-8-25-29(26-9-2,27-10-3)22(28-20-16-12-11-13-17-20)19-15-14-18-21(23(4)5)24(6)7/h11-13,16-17,21-22H,8-10,14-15,18-19H2,1-7H3. The van der Waals surface area contributed by atoms with Gasteiger partial charge in [0.15, 0.2) is 0 Å². The SMILES string of the molecule is CCO[Si](OCC)(OCC)C(CCCCC(N(C)C)N(C)C)[Si]c1ccccc1. The van der Waals surface area contributed by atoms with E-state index in [1.54, 1.807) is 0 Å². The molecule has 7 heteroatoms. The van der Waals surface area contributed by atoms with Crippen LogP contribution in [0.15, 0.2) is 30.3 Å². The lowest BCUT2D eigenvalue weighted by molar-refractivity contribution is 0.0666. The van der Waals surface area contributed by atoms with Crippen molar-refractivity contribution in [2.45, 2.75) is 57.8 Å². The maximum atomic E-state index is 6.28. The van der Waals surface area contributed by atoms with Gasteiger partial charge in [0.2, 0.25) is 0 Å². The van der Waals surface area contributed by atoms with Gasteiger partial charge in [0.1, 0.15) is 0 Å². The van der Waals surface area contributed by atoms with E-state index in [4.69, 9.17) is 13.3 Å². The summed E-state index contributed by atoms with van der Waals surface area (Å²) in [5.74, 6) is 0. The van der Waals surface area contributed by atoms with Crippen LogP contribution in [0.3, 0.4) is 0 Å². The molecular weight excluding hydrogens is 396 g/mol. The quantitative estimate of drug-likeness (QED) is 0.224. The summed E-state index contributed by atoms with van der Waals surface area (Å²) in [6, 6.07) is 10.7. The Morgan fingerprint density at radius 2 is 1.28 bits per heavy atom. The highest BCUT2D eigenvalue weighted by molar-refractivity contribution is 6.78. The van der Waals surface area contributed by atoms with Crippen LogP contribution in [0.2, 0.25) is 5.16 Å². The monoisotopic (exact) mass is 438 g/mol. The van der Waals surface area contributed by atoms with Gasteiger partial charge in [-0.05, 0) is 61.8 Å². The van der Waals surface area contributed by atoms with E-state index >= 15 is 0 Å². The molecule has 1 atom stereocenters. The molecule has 0 fully saturated rings. The maximum Gasteiger partial charge on any atom is 0.501 e. The molecule has 0 spiro atoms. The van der Waals surface area contributed by atoms with Gasteiger partial charge in [0.05, 0.1) is 15.7 Å². The zero-order valence-corrected chi connectivity index (χ0v) is 21.6. The molecule has 0 amide bonds. The van der Waals surface area contributed by atoms with E-state index < -0.39 is 8.80 Å². The van der Waals surface area contributed by atoms with E-state index in [1.807, 2.05) is 20.8 Å². The van der Waals surface area contributed by atoms with Gasteiger partial charge >= 0.3 is 8.80 Å². The van der Waals surface area contributed by atoms with Crippen LogP contribution in [0.25, 0.3) is 0 Å². The summed E-state index contributed by atoms with van der Waals surface area (Å²) in [5.41, 5.74) is 0. The van der Waals surface area contributed by atoms with Gasteiger partial charge in [-0.25, -0.2) is 0 Å². The van der Waals surface area contributed by atoms with Crippen LogP contribution in [0.5, 0.6) is 0 Å². The number of benzene rings is 1. The van der Waals surface area contributed by atoms with Gasteiger partial charge in [-0.3, -0.25) is 9.80 Å². The molecule has 0 heterocycles. The van der Waals surface area contributed by atoms with E-state index in [-0.39, 0.29) is 0 Å². The van der Waals surface area contributed by atoms with Crippen molar-refractivity contribution in [1.82, 2.24) is 9.80 Å². The van der Waals surface area contributed by atoms with Crippen LogP contribution in [-0.4, -0.2) is 82.3 Å². The number of unbranched alkanes of at least 4 members (excludes halogenated alkanes) is 1. The van der Waals surface area contributed by atoms with Gasteiger partial charge in [-0.1, -0.05) is 48.4 Å². The molecule has 0 aliphatic heterocycles. The molecule has 1 aromatic rings. The molecular formula is C22H42N2O3Si2. The maximum absolute atomic E-state index is 6.28. The first kappa shape index (κ1) is 26.5. The van der Waals surface area contributed by atoms with Crippen molar-refractivity contribution in [1.29, 1.82) is 0 Å². The molecule has 29 heavy (non-hydrogen) atoms. The predicted octanol–water partition coefficient (Wildman–Crippen LogP) is 3.40. The normalized spacial score (nSPS) is 13.6. The third kappa shape index (κ3) is 9.00. The summed E-state index contributed by atoms with van der Waals surface area (Å²) in [6.07, 6.45) is 5.05. The van der Waals surface area contributed by atoms with Crippen molar-refractivity contribution in [3.63, 3.8) is 0 Å². The van der Waals surface area contributed by atoms with Crippen molar-refractivity contribution < 1.29 is 13.3 Å². The number of hydrogen-bond acceptors (Lipinski definition) is 5. The van der Waals surface area contributed by atoms with Crippen LogP contribution < -0.4 is 5.19 Å². The lowest BCUT2D eigenvalue weighted by atomic mass is 10.1. The van der Waals surface area contributed by atoms with Crippen LogP contribution in [-0.2, 0) is 13.3 Å². The number of hydrogen-bond donors (Lipinski definition) is 0. The second kappa shape index (κ2) is 14.5. The predicted molar refractivity (Wildman–Crippen MR) is 126 cm³/mol. The molecule has 2 radical (unpaired) electrons. The lowest BCUT2D eigenvalue weighted by Crippen LogP contribution is -2.53. The molecule has 0 bridgehead atoms. The molecule has 0 aromatic heterocycles. The van der Waals surface area contributed by atoms with Crippen LogP contribution in [0.1, 0.15) is 46.5 Å². The van der Waals surface area contributed by atoms with Gasteiger partial charge in [-0.15, -0.1) is 0 Å². The van der Waals surface area contributed by atoms with Crippen molar-refractivity contribution >= 4 is 23.5 Å². The summed E-state index contributed by atoms with van der Waals surface area (Å²) in [7, 11) is 6.52. The molecule has 0 aliphatic carbocycles. The fourth-order valence-corrected chi connectivity index (χ4v) is 9.47. The molecule has 0 saturated heterocycles. The van der Waals surface area contributed by atoms with E-state index in [0.717, 1.165) is 19.3 Å². The Labute approximate surface area is 182 Å². The highest BCUT2D eigenvalue weighted by Gasteiger charge is 2.48. The summed E-state index contributed by atoms with van der Waals surface area (Å²) >= 11 is 0. The van der Waals surface area contributed by atoms with E-state index in [2.05, 4.69) is 68.3 Å². The molecule has 1 unspecified atom stereocenters. The van der Waals surface area contributed by atoms with Crippen molar-refractivity contribution in [2.75, 3.05) is 48.0 Å². The summed E-state index contributed by atoms with van der Waals surface area (Å²) in [5, 5.41) is 1.66. The summed E-state index contributed by atoms with van der Waals surface area (Å²) < 4.78 is 18.9. The average molecular weight is 439 g/mol. The summed E-state index contributed by atoms with van der Waals surface area (Å²) in [4.78, 5) is 4.59. The second-order valence-electron chi connectivity index (χ2n) is 7.66. The van der Waals surface area contributed by atoms with E-state index in [0.29, 0.717) is 40.7 Å².